The average molecular weight is 580 g/mol. The van der Waals surface area contributed by atoms with Crippen LogP contribution >= 0.6 is 0 Å². The van der Waals surface area contributed by atoms with Crippen LogP contribution in [0.2, 0.25) is 0 Å². The number of ether oxygens (including phenoxy) is 2. The zero-order valence-electron chi connectivity index (χ0n) is 22.7. The normalized spacial score (nSPS) is 24.9. The van der Waals surface area contributed by atoms with Gasteiger partial charge in [-0.3, -0.25) is 4.79 Å². The number of hydrogen-bond donors (Lipinski definition) is 1. The summed E-state index contributed by atoms with van der Waals surface area (Å²) in [5.41, 5.74) is 3.00. The number of carbonyl (C=O) groups is 1. The van der Waals surface area contributed by atoms with Crippen LogP contribution < -0.4 is 9.64 Å². The van der Waals surface area contributed by atoms with Crippen molar-refractivity contribution >= 4 is 17.6 Å². The number of methoxy groups -OCH3 is 1. The lowest BCUT2D eigenvalue weighted by Gasteiger charge is -2.35. The first kappa shape index (κ1) is 26.7. The van der Waals surface area contributed by atoms with E-state index in [9.17, 15) is 18.7 Å². The predicted octanol–water partition coefficient (Wildman–Crippen LogP) is 5.30. The molecule has 2 aliphatic carbocycles. The lowest BCUT2D eigenvalue weighted by Crippen LogP contribution is -2.45. The zero-order valence-corrected chi connectivity index (χ0v) is 22.7. The number of pyridine rings is 1. The molecule has 0 radical (unpaired) electrons. The number of rotatable bonds is 7. The SMILES string of the molecule is CO[C@@H]1C[C@H](c2ccccc2OC(F)F)c2c1nc1cc(F)c(-c3cnc(N4C[C@H]5CC[C@@H](C4)[C@@H]5C(=O)O)nc3)cn21. The van der Waals surface area contributed by atoms with Gasteiger partial charge in [0.05, 0.1) is 17.3 Å². The van der Waals surface area contributed by atoms with E-state index in [1.54, 1.807) is 48.3 Å². The maximum atomic E-state index is 15.5. The summed E-state index contributed by atoms with van der Waals surface area (Å²) in [5.74, 6) is -1.26. The van der Waals surface area contributed by atoms with Crippen LogP contribution in [0.5, 0.6) is 5.75 Å². The number of carboxylic acid groups (broad SMARTS) is 1. The molecule has 0 unspecified atom stereocenters. The van der Waals surface area contributed by atoms with Crippen molar-refractivity contribution in [2.24, 2.45) is 17.8 Å². The van der Waals surface area contributed by atoms with Gasteiger partial charge in [0.1, 0.15) is 23.3 Å². The third kappa shape index (κ3) is 4.36. The average Bonchev–Trinajstić information content (AvgIpc) is 3.60. The van der Waals surface area contributed by atoms with Crippen molar-refractivity contribution in [1.82, 2.24) is 19.4 Å². The minimum atomic E-state index is -2.98. The minimum Gasteiger partial charge on any atom is -0.481 e. The van der Waals surface area contributed by atoms with Crippen LogP contribution in [0.1, 0.15) is 48.2 Å². The Kier molecular flexibility index (Phi) is 6.52. The highest BCUT2D eigenvalue weighted by molar-refractivity contribution is 5.72. The molecule has 4 heterocycles. The van der Waals surface area contributed by atoms with Gasteiger partial charge in [-0.25, -0.2) is 19.3 Å². The molecule has 1 saturated carbocycles. The zero-order chi connectivity index (χ0) is 29.1. The Bertz CT molecular complexity index is 1650. The lowest BCUT2D eigenvalue weighted by molar-refractivity contribution is -0.144. The fourth-order valence-electron chi connectivity index (χ4n) is 7.20. The van der Waals surface area contributed by atoms with Crippen LogP contribution in [-0.4, -0.2) is 57.2 Å². The van der Waals surface area contributed by atoms with Crippen molar-refractivity contribution in [3.05, 3.63) is 71.7 Å². The number of nitrogens with zero attached hydrogens (tertiary/aromatic N) is 5. The van der Waals surface area contributed by atoms with E-state index in [1.165, 1.54) is 12.1 Å². The summed E-state index contributed by atoms with van der Waals surface area (Å²) in [5, 5.41) is 9.61. The Morgan fingerprint density at radius 3 is 2.50 bits per heavy atom. The van der Waals surface area contributed by atoms with Gasteiger partial charge in [0.2, 0.25) is 5.95 Å². The lowest BCUT2D eigenvalue weighted by atomic mass is 9.85. The summed E-state index contributed by atoms with van der Waals surface area (Å²) in [6.07, 6.45) is 6.58. The Morgan fingerprint density at radius 1 is 1.12 bits per heavy atom. The molecule has 3 aromatic heterocycles. The second-order valence-electron chi connectivity index (χ2n) is 11.2. The topological polar surface area (TPSA) is 102 Å². The van der Waals surface area contributed by atoms with Gasteiger partial charge in [0, 0.05) is 67.5 Å². The summed E-state index contributed by atoms with van der Waals surface area (Å²) in [6.45, 7) is -1.82. The minimum absolute atomic E-state index is 0.0628. The van der Waals surface area contributed by atoms with Gasteiger partial charge in [-0.2, -0.15) is 8.78 Å². The van der Waals surface area contributed by atoms with E-state index in [0.717, 1.165) is 18.5 Å². The van der Waals surface area contributed by atoms with Crippen LogP contribution in [0.25, 0.3) is 16.8 Å². The van der Waals surface area contributed by atoms with Crippen LogP contribution in [-0.2, 0) is 9.53 Å². The van der Waals surface area contributed by atoms with Crippen LogP contribution in [0, 0.1) is 23.6 Å². The fourth-order valence-corrected chi connectivity index (χ4v) is 7.20. The molecule has 2 fully saturated rings. The molecule has 4 aromatic rings. The molecule has 0 amide bonds. The molecule has 5 atom stereocenters. The van der Waals surface area contributed by atoms with Gasteiger partial charge >= 0.3 is 12.6 Å². The Balaban J connectivity index is 1.24. The third-order valence-electron chi connectivity index (χ3n) is 9.01. The van der Waals surface area contributed by atoms with E-state index in [0.29, 0.717) is 47.9 Å². The van der Waals surface area contributed by atoms with E-state index in [-0.39, 0.29) is 35.0 Å². The van der Waals surface area contributed by atoms with E-state index in [4.69, 9.17) is 9.47 Å². The first-order valence-electron chi connectivity index (χ1n) is 13.9. The Morgan fingerprint density at radius 2 is 1.83 bits per heavy atom. The molecule has 42 heavy (non-hydrogen) atoms. The number of para-hydroxylation sites is 1. The van der Waals surface area contributed by atoms with Gasteiger partial charge in [-0.15, -0.1) is 0 Å². The predicted molar refractivity (Wildman–Crippen MR) is 145 cm³/mol. The van der Waals surface area contributed by atoms with Crippen molar-refractivity contribution in [3.8, 4) is 16.9 Å². The Labute approximate surface area is 238 Å². The summed E-state index contributed by atoms with van der Waals surface area (Å²) in [7, 11) is 1.56. The first-order valence-corrected chi connectivity index (χ1v) is 13.9. The van der Waals surface area contributed by atoms with Crippen molar-refractivity contribution in [2.45, 2.75) is 37.9 Å². The summed E-state index contributed by atoms with van der Waals surface area (Å²) >= 11 is 0. The molecule has 0 spiro atoms. The third-order valence-corrected chi connectivity index (χ3v) is 9.01. The van der Waals surface area contributed by atoms with Gasteiger partial charge in [0.25, 0.3) is 0 Å². The molecular formula is C30H28F3N5O4. The highest BCUT2D eigenvalue weighted by Crippen LogP contribution is 2.48. The quantitative estimate of drug-likeness (QED) is 0.315. The van der Waals surface area contributed by atoms with Crippen LogP contribution in [0.4, 0.5) is 19.1 Å². The molecule has 218 valence electrons. The molecule has 12 heteroatoms. The highest BCUT2D eigenvalue weighted by Gasteiger charge is 2.46. The molecule has 1 aromatic carbocycles. The standard InChI is InChI=1S/C30H28F3N5O4/c1-41-23-8-19(18-4-2-3-5-22(18)42-29(32)33)27-26(23)36-24-9-21(31)20(14-38(24)27)17-10-34-30(35-11-17)37-12-15-6-7-16(13-37)25(15)28(39)40/h2-5,9-11,14-16,19,23,25,29H,6-8,12-13H2,1H3,(H,39,40)/t15-,16+,19-,23-,25-/m1/s1. The number of aliphatic carboxylic acids is 1. The van der Waals surface area contributed by atoms with Gasteiger partial charge in [0.15, 0.2) is 0 Å². The molecule has 1 aliphatic heterocycles. The number of aromatic nitrogens is 4. The number of piperidine rings is 1. The monoisotopic (exact) mass is 579 g/mol. The van der Waals surface area contributed by atoms with Crippen molar-refractivity contribution in [1.29, 1.82) is 0 Å². The smallest absolute Gasteiger partial charge is 0.387 e. The highest BCUT2D eigenvalue weighted by atomic mass is 19.3. The van der Waals surface area contributed by atoms with E-state index in [2.05, 4.69) is 15.0 Å². The number of hydrogen-bond acceptors (Lipinski definition) is 7. The van der Waals surface area contributed by atoms with Crippen molar-refractivity contribution < 1.29 is 32.5 Å². The van der Waals surface area contributed by atoms with E-state index in [1.807, 2.05) is 4.90 Å². The molecule has 3 aliphatic rings. The molecule has 2 bridgehead atoms. The number of benzene rings is 1. The summed E-state index contributed by atoms with van der Waals surface area (Å²) in [4.78, 5) is 27.4. The number of fused-ring (bicyclic) bond motifs is 5. The van der Waals surface area contributed by atoms with Crippen molar-refractivity contribution in [2.75, 3.05) is 25.1 Å². The van der Waals surface area contributed by atoms with Gasteiger partial charge in [-0.1, -0.05) is 18.2 Å². The van der Waals surface area contributed by atoms with Crippen LogP contribution in [0.15, 0.2) is 48.9 Å². The maximum absolute atomic E-state index is 15.5. The number of imidazole rings is 1. The molecule has 7 rings (SSSR count). The van der Waals surface area contributed by atoms with Crippen LogP contribution in [0.3, 0.4) is 0 Å². The Hall–Kier alpha value is -4.19. The number of alkyl halides is 2. The second-order valence-corrected chi connectivity index (χ2v) is 11.2. The molecule has 1 saturated heterocycles. The van der Waals surface area contributed by atoms with Gasteiger partial charge in [-0.05, 0) is 37.2 Å². The molecule has 9 nitrogen and oxygen atoms in total. The number of anilines is 1. The molecule has 1 N–H and O–H groups in total. The first-order chi connectivity index (χ1) is 20.3. The summed E-state index contributed by atoms with van der Waals surface area (Å²) < 4.78 is 54.1. The van der Waals surface area contributed by atoms with Gasteiger partial charge < -0.3 is 23.9 Å². The largest absolute Gasteiger partial charge is 0.481 e. The van der Waals surface area contributed by atoms with Crippen molar-refractivity contribution in [3.63, 3.8) is 0 Å². The summed E-state index contributed by atoms with van der Waals surface area (Å²) in [6, 6.07) is 7.98. The van der Waals surface area contributed by atoms with E-state index < -0.39 is 24.5 Å². The molecular weight excluding hydrogens is 551 g/mol. The number of carboxylic acids is 1. The second kappa shape index (κ2) is 10.3. The van der Waals surface area contributed by atoms with E-state index >= 15 is 4.39 Å². The number of halogens is 3. The maximum Gasteiger partial charge on any atom is 0.387 e. The fraction of sp³-hybridized carbons (Fsp3) is 0.400.